The molecule has 1 unspecified atom stereocenters. The van der Waals surface area contributed by atoms with Gasteiger partial charge in [-0.3, -0.25) is 24.1 Å². The second-order valence-electron chi connectivity index (χ2n) is 12.6. The van der Waals surface area contributed by atoms with Crippen molar-refractivity contribution >= 4 is 63.7 Å². The number of carbonyl (C=O) groups is 5. The van der Waals surface area contributed by atoms with Gasteiger partial charge in [-0.2, -0.15) is 0 Å². The molecule has 51 heavy (non-hydrogen) atoms. The van der Waals surface area contributed by atoms with Gasteiger partial charge in [0.25, 0.3) is 5.91 Å². The standard InChI is InChI=1S/C39H48N3O7S2/c1-6-9-21-39(22-10-7-2)37(47)42(27-19-15-12-16-20-27)29-23-32(50-5)30(24-31(29)51-38(39)48)49-25(4)34(43)41-33(26-17-13-11-14-18-26)35(44)40-28(8-3)36(45)46/h11-20,23-25,28,33,51H,6-10,21-22H2,1-5H3,(H,40,44)(H,41,43)(H,45,46)/t25?,28-,33+/m0/s1. The van der Waals surface area contributed by atoms with E-state index in [4.69, 9.17) is 4.74 Å². The van der Waals surface area contributed by atoms with E-state index in [0.29, 0.717) is 57.1 Å². The van der Waals surface area contributed by atoms with Crippen LogP contribution in [0.15, 0.2) is 82.6 Å². The summed E-state index contributed by atoms with van der Waals surface area (Å²) in [6.45, 7) is 7.31. The number of fused-ring (bicyclic) bond motifs is 1. The summed E-state index contributed by atoms with van der Waals surface area (Å²) >= 11 is 1.75. The SMILES string of the molecule is CCCCC1(CCCC)C(=O)[SH]c2cc(OC(C)C(=O)N[C@@H](C(=O)N[C@@H](CC)C(=O)O)c3ccccc3)c(SC)cc2N(c2ccccc2)C1=O. The Morgan fingerprint density at radius 2 is 1.51 bits per heavy atom. The zero-order chi connectivity index (χ0) is 37.1. The van der Waals surface area contributed by atoms with E-state index in [2.05, 4.69) is 24.5 Å². The molecule has 3 aromatic rings. The van der Waals surface area contributed by atoms with Crippen molar-refractivity contribution in [3.8, 4) is 5.75 Å². The number of anilines is 2. The Bertz CT molecular complexity index is 1700. The number of hydrogen-bond donors (Lipinski definition) is 4. The fourth-order valence-electron chi connectivity index (χ4n) is 6.08. The van der Waals surface area contributed by atoms with Crippen LogP contribution in [0, 0.1) is 5.41 Å². The monoisotopic (exact) mass is 734 g/mol. The van der Waals surface area contributed by atoms with E-state index in [9.17, 15) is 29.1 Å². The maximum Gasteiger partial charge on any atom is 0.326 e. The number of ether oxygens (including phenoxy) is 1. The summed E-state index contributed by atoms with van der Waals surface area (Å²) < 4.78 is 6.27. The zero-order valence-electron chi connectivity index (χ0n) is 29.8. The predicted molar refractivity (Wildman–Crippen MR) is 203 cm³/mol. The van der Waals surface area contributed by atoms with Crippen LogP contribution in [0.4, 0.5) is 11.4 Å². The van der Waals surface area contributed by atoms with Gasteiger partial charge in [-0.1, -0.05) is 95.0 Å². The molecule has 0 saturated heterocycles. The summed E-state index contributed by atoms with van der Waals surface area (Å²) in [5, 5.41) is 14.6. The molecule has 1 radical (unpaired) electrons. The fraction of sp³-hybridized carbons (Fsp3) is 0.410. The van der Waals surface area contributed by atoms with E-state index in [0.717, 1.165) is 25.7 Å². The molecule has 273 valence electrons. The lowest BCUT2D eigenvalue weighted by Gasteiger charge is -2.34. The highest BCUT2D eigenvalue weighted by atomic mass is 32.2. The second kappa shape index (κ2) is 18.3. The first-order valence-corrected chi connectivity index (χ1v) is 19.6. The van der Waals surface area contributed by atoms with Crippen molar-refractivity contribution in [2.75, 3.05) is 11.2 Å². The molecule has 1 aliphatic rings. The molecule has 0 spiro atoms. The van der Waals surface area contributed by atoms with Crippen LogP contribution in [0.2, 0.25) is 0 Å². The Morgan fingerprint density at radius 1 is 0.902 bits per heavy atom. The van der Waals surface area contributed by atoms with Crippen molar-refractivity contribution in [3.05, 3.63) is 78.4 Å². The third-order valence-corrected chi connectivity index (χ3v) is 11.0. The number of carbonyl (C=O) groups excluding carboxylic acids is 4. The Morgan fingerprint density at radius 3 is 2.06 bits per heavy atom. The fourth-order valence-corrected chi connectivity index (χ4v) is 7.83. The number of amides is 3. The van der Waals surface area contributed by atoms with Crippen molar-refractivity contribution in [3.63, 3.8) is 0 Å². The summed E-state index contributed by atoms with van der Waals surface area (Å²) in [5.41, 5.74) is 0.552. The highest BCUT2D eigenvalue weighted by Gasteiger charge is 2.50. The first kappa shape index (κ1) is 39.5. The third-order valence-electron chi connectivity index (χ3n) is 9.05. The minimum absolute atomic E-state index is 0.147. The maximum atomic E-state index is 14.7. The molecule has 0 fully saturated rings. The summed E-state index contributed by atoms with van der Waals surface area (Å²) in [5.74, 6) is -2.30. The van der Waals surface area contributed by atoms with Gasteiger partial charge in [0.15, 0.2) is 11.2 Å². The minimum Gasteiger partial charge on any atom is -0.480 e. The number of thioether (sulfide) groups is 1. The number of thiol groups is 1. The molecule has 3 N–H and O–H groups in total. The summed E-state index contributed by atoms with van der Waals surface area (Å²) in [6, 6.07) is 19.2. The number of rotatable bonds is 17. The number of nitrogens with one attached hydrogen (secondary N) is 2. The lowest BCUT2D eigenvalue weighted by molar-refractivity contribution is -0.142. The summed E-state index contributed by atoms with van der Waals surface area (Å²) in [7, 11) is 0. The average molecular weight is 735 g/mol. The quantitative estimate of drug-likeness (QED) is 0.0639. The van der Waals surface area contributed by atoms with E-state index >= 15 is 0 Å². The average Bonchev–Trinajstić information content (AvgIpc) is 3.22. The maximum absolute atomic E-state index is 14.7. The van der Waals surface area contributed by atoms with Crippen LogP contribution in [-0.4, -0.2) is 52.3 Å². The molecule has 0 bridgehead atoms. The van der Waals surface area contributed by atoms with Crippen molar-refractivity contribution in [2.24, 2.45) is 5.41 Å². The molecular weight excluding hydrogens is 687 g/mol. The number of benzene rings is 3. The van der Waals surface area contributed by atoms with Gasteiger partial charge in [-0.05, 0) is 62.3 Å². The number of carboxylic acids is 1. The van der Waals surface area contributed by atoms with Gasteiger partial charge in [0.2, 0.25) is 11.8 Å². The Balaban J connectivity index is 1.71. The van der Waals surface area contributed by atoms with Gasteiger partial charge in [-0.25, -0.2) is 4.79 Å². The van der Waals surface area contributed by atoms with E-state index in [1.54, 1.807) is 55.1 Å². The normalized spacial score (nSPS) is 15.6. The lowest BCUT2D eigenvalue weighted by Crippen LogP contribution is -2.49. The summed E-state index contributed by atoms with van der Waals surface area (Å²) in [6.07, 6.45) is 5.04. The van der Waals surface area contributed by atoms with E-state index < -0.39 is 41.4 Å². The van der Waals surface area contributed by atoms with Crippen LogP contribution < -0.4 is 20.3 Å². The molecule has 1 heterocycles. The number of unbranched alkanes of at least 4 members (excludes halogenated alkanes) is 2. The van der Waals surface area contributed by atoms with Gasteiger partial charge in [-0.15, -0.1) is 23.5 Å². The van der Waals surface area contributed by atoms with Gasteiger partial charge < -0.3 is 20.5 Å². The lowest BCUT2D eigenvalue weighted by atomic mass is 9.77. The molecule has 0 saturated carbocycles. The highest BCUT2D eigenvalue weighted by Crippen LogP contribution is 2.51. The van der Waals surface area contributed by atoms with Crippen molar-refractivity contribution < 1.29 is 33.8 Å². The minimum atomic E-state index is -1.18. The second-order valence-corrected chi connectivity index (χ2v) is 14.6. The topological polar surface area (TPSA) is 142 Å². The highest BCUT2D eigenvalue weighted by molar-refractivity contribution is 8.14. The molecule has 3 aromatic carbocycles. The Kier molecular flexibility index (Phi) is 14.2. The third kappa shape index (κ3) is 9.15. The molecule has 12 heteroatoms. The first-order chi connectivity index (χ1) is 24.5. The smallest absolute Gasteiger partial charge is 0.326 e. The van der Waals surface area contributed by atoms with Crippen molar-refractivity contribution in [1.82, 2.24) is 10.6 Å². The van der Waals surface area contributed by atoms with Crippen LogP contribution in [0.25, 0.3) is 0 Å². The predicted octanol–water partition coefficient (Wildman–Crippen LogP) is 7.41. The van der Waals surface area contributed by atoms with E-state index in [1.807, 2.05) is 42.7 Å². The van der Waals surface area contributed by atoms with Crippen LogP contribution in [0.3, 0.4) is 0 Å². The molecule has 0 aliphatic carbocycles. The molecule has 4 rings (SSSR count). The van der Waals surface area contributed by atoms with Gasteiger partial charge >= 0.3 is 5.97 Å². The van der Waals surface area contributed by atoms with E-state index in [-0.39, 0.29) is 17.4 Å². The summed E-state index contributed by atoms with van der Waals surface area (Å²) in [4.78, 5) is 70.6. The molecule has 1 aliphatic heterocycles. The molecular formula is C39H48N3O7S2. The van der Waals surface area contributed by atoms with Crippen LogP contribution in [0.1, 0.15) is 84.2 Å². The Hall–Kier alpha value is -4.29. The van der Waals surface area contributed by atoms with E-state index in [1.165, 1.54) is 11.8 Å². The van der Waals surface area contributed by atoms with Crippen molar-refractivity contribution in [1.29, 1.82) is 0 Å². The number of carboxylic acid groups (broad SMARTS) is 1. The zero-order valence-corrected chi connectivity index (χ0v) is 31.5. The Labute approximate surface area is 308 Å². The number of hydrogen-bond acceptors (Lipinski definition) is 7. The molecule has 10 nitrogen and oxygen atoms in total. The van der Waals surface area contributed by atoms with Crippen LogP contribution in [-0.2, 0) is 24.0 Å². The first-order valence-electron chi connectivity index (χ1n) is 17.4. The van der Waals surface area contributed by atoms with Crippen LogP contribution >= 0.6 is 23.5 Å². The van der Waals surface area contributed by atoms with Gasteiger partial charge in [0.1, 0.15) is 23.2 Å². The number of para-hydroxylation sites is 1. The van der Waals surface area contributed by atoms with Gasteiger partial charge in [0, 0.05) is 10.6 Å². The number of nitrogens with zero attached hydrogens (tertiary/aromatic N) is 1. The number of aliphatic carboxylic acids is 1. The van der Waals surface area contributed by atoms with Gasteiger partial charge in [0.05, 0.1) is 10.6 Å². The molecule has 0 aromatic heterocycles. The molecule has 3 atom stereocenters. The molecule has 3 amide bonds. The largest absolute Gasteiger partial charge is 0.480 e. The van der Waals surface area contributed by atoms with Crippen LogP contribution in [0.5, 0.6) is 5.75 Å². The van der Waals surface area contributed by atoms with Crippen molar-refractivity contribution in [2.45, 2.75) is 101 Å².